The molecule has 2 aliphatic carbocycles. The van der Waals surface area contributed by atoms with Crippen molar-refractivity contribution in [3.63, 3.8) is 0 Å². The molecule has 1 aromatic rings. The Hall–Kier alpha value is -0.870. The Morgan fingerprint density at radius 1 is 1.32 bits per heavy atom. The number of amides is 1. The van der Waals surface area contributed by atoms with Crippen molar-refractivity contribution in [2.75, 3.05) is 0 Å². The maximum absolute atomic E-state index is 12.0. The monoisotopic (exact) mass is 278 g/mol. The highest BCUT2D eigenvalue weighted by molar-refractivity contribution is 7.12. The zero-order valence-corrected chi connectivity index (χ0v) is 12.2. The number of hydrogen-bond acceptors (Lipinski definition) is 3. The Labute approximate surface area is 118 Å². The average molecular weight is 278 g/mol. The number of carbonyl (C=O) groups excluding carboxylic acids is 1. The lowest BCUT2D eigenvalue weighted by Crippen LogP contribution is -2.41. The second-order valence-electron chi connectivity index (χ2n) is 6.04. The molecule has 0 saturated heterocycles. The summed E-state index contributed by atoms with van der Waals surface area (Å²) in [6.07, 6.45) is 8.54. The summed E-state index contributed by atoms with van der Waals surface area (Å²) in [5, 5.41) is 3.03. The zero-order chi connectivity index (χ0) is 13.3. The number of nitrogens with one attached hydrogen (secondary N) is 1. The number of fused-ring (bicyclic) bond motifs is 1. The fraction of sp³-hybridized carbons (Fsp3) is 0.667. The van der Waals surface area contributed by atoms with Crippen molar-refractivity contribution in [3.05, 3.63) is 21.4 Å². The van der Waals surface area contributed by atoms with Crippen LogP contribution in [-0.2, 0) is 24.2 Å². The molecule has 0 aromatic carbocycles. The number of hydrogen-bond donors (Lipinski definition) is 2. The van der Waals surface area contributed by atoms with E-state index in [0.29, 0.717) is 13.0 Å². The van der Waals surface area contributed by atoms with E-state index in [1.54, 1.807) is 0 Å². The van der Waals surface area contributed by atoms with Gasteiger partial charge in [0.15, 0.2) is 0 Å². The summed E-state index contributed by atoms with van der Waals surface area (Å²) in [7, 11) is 0. The molecule has 0 aliphatic heterocycles. The van der Waals surface area contributed by atoms with Gasteiger partial charge in [-0.1, -0.05) is 12.8 Å². The molecule has 1 heterocycles. The molecular weight excluding hydrogens is 256 g/mol. The van der Waals surface area contributed by atoms with Crippen molar-refractivity contribution in [1.82, 2.24) is 5.32 Å². The number of rotatable bonds is 4. The lowest BCUT2D eigenvalue weighted by molar-refractivity contribution is -0.122. The molecule has 2 aliphatic rings. The van der Waals surface area contributed by atoms with E-state index in [0.717, 1.165) is 12.8 Å². The first kappa shape index (κ1) is 13.1. The van der Waals surface area contributed by atoms with E-state index in [-0.39, 0.29) is 11.4 Å². The number of thiophene rings is 1. The Bertz CT molecular complexity index is 453. The molecule has 1 saturated carbocycles. The summed E-state index contributed by atoms with van der Waals surface area (Å²) < 4.78 is 0. The van der Waals surface area contributed by atoms with Gasteiger partial charge in [0.05, 0.1) is 6.54 Å². The van der Waals surface area contributed by atoms with Crippen LogP contribution < -0.4 is 11.1 Å². The van der Waals surface area contributed by atoms with Crippen molar-refractivity contribution < 1.29 is 4.79 Å². The van der Waals surface area contributed by atoms with E-state index in [1.165, 1.54) is 47.4 Å². The molecule has 3 N–H and O–H groups in total. The largest absolute Gasteiger partial charge is 0.351 e. The minimum absolute atomic E-state index is 0.109. The van der Waals surface area contributed by atoms with E-state index >= 15 is 0 Å². The van der Waals surface area contributed by atoms with Crippen molar-refractivity contribution in [2.24, 2.45) is 5.73 Å². The summed E-state index contributed by atoms with van der Waals surface area (Å²) in [5.74, 6) is 0.109. The van der Waals surface area contributed by atoms with Gasteiger partial charge in [-0.2, -0.15) is 0 Å². The van der Waals surface area contributed by atoms with Gasteiger partial charge in [-0.05, 0) is 43.7 Å². The van der Waals surface area contributed by atoms with Crippen LogP contribution in [-0.4, -0.2) is 11.4 Å². The topological polar surface area (TPSA) is 55.1 Å². The van der Waals surface area contributed by atoms with Gasteiger partial charge in [0.2, 0.25) is 5.91 Å². The second-order valence-corrected chi connectivity index (χ2v) is 7.26. The third kappa shape index (κ3) is 3.00. The maximum Gasteiger partial charge on any atom is 0.222 e. The van der Waals surface area contributed by atoms with Crippen molar-refractivity contribution in [2.45, 2.75) is 63.5 Å². The standard InChI is InChI=1S/C15H22N2OS/c16-15(6-1-2-7-15)9-14(18)17-10-12-8-11-4-3-5-13(11)19-12/h8H,1-7,9-10,16H2,(H,17,18). The van der Waals surface area contributed by atoms with Crippen LogP contribution in [0.2, 0.25) is 0 Å². The Morgan fingerprint density at radius 2 is 2.11 bits per heavy atom. The highest BCUT2D eigenvalue weighted by atomic mass is 32.1. The van der Waals surface area contributed by atoms with Gasteiger partial charge in [0, 0.05) is 21.7 Å². The van der Waals surface area contributed by atoms with Gasteiger partial charge in [0.25, 0.3) is 0 Å². The minimum Gasteiger partial charge on any atom is -0.351 e. The summed E-state index contributed by atoms with van der Waals surface area (Å²) in [5.41, 5.74) is 7.50. The maximum atomic E-state index is 12.0. The molecule has 19 heavy (non-hydrogen) atoms. The van der Waals surface area contributed by atoms with E-state index in [2.05, 4.69) is 11.4 Å². The second kappa shape index (κ2) is 5.25. The fourth-order valence-electron chi connectivity index (χ4n) is 3.30. The van der Waals surface area contributed by atoms with Crippen molar-refractivity contribution >= 4 is 17.2 Å². The van der Waals surface area contributed by atoms with Gasteiger partial charge in [-0.3, -0.25) is 4.79 Å². The molecular formula is C15H22N2OS. The lowest BCUT2D eigenvalue weighted by atomic mass is 9.94. The van der Waals surface area contributed by atoms with Gasteiger partial charge >= 0.3 is 0 Å². The minimum atomic E-state index is -0.235. The van der Waals surface area contributed by atoms with Gasteiger partial charge in [-0.15, -0.1) is 11.3 Å². The molecule has 0 spiro atoms. The Morgan fingerprint density at radius 3 is 2.84 bits per heavy atom. The molecule has 1 aromatic heterocycles. The van der Waals surface area contributed by atoms with Crippen LogP contribution >= 0.6 is 11.3 Å². The molecule has 104 valence electrons. The Balaban J connectivity index is 1.50. The molecule has 3 rings (SSSR count). The average Bonchev–Trinajstić information content (AvgIpc) is 3.01. The SMILES string of the molecule is NC1(CC(=O)NCc2cc3c(s2)CCC3)CCCC1. The number of aryl methyl sites for hydroxylation is 2. The molecule has 0 bridgehead atoms. The number of nitrogens with two attached hydrogens (primary N) is 1. The van der Waals surface area contributed by atoms with E-state index < -0.39 is 0 Å². The van der Waals surface area contributed by atoms with E-state index in [9.17, 15) is 4.79 Å². The van der Waals surface area contributed by atoms with Gasteiger partial charge in [-0.25, -0.2) is 0 Å². The predicted octanol–water partition coefficient (Wildman–Crippen LogP) is 2.51. The molecule has 4 heteroatoms. The zero-order valence-electron chi connectivity index (χ0n) is 11.3. The van der Waals surface area contributed by atoms with Crippen molar-refractivity contribution in [1.29, 1.82) is 0 Å². The van der Waals surface area contributed by atoms with E-state index in [1.807, 2.05) is 11.3 Å². The summed E-state index contributed by atoms with van der Waals surface area (Å²) in [4.78, 5) is 14.8. The molecule has 0 atom stereocenters. The summed E-state index contributed by atoms with van der Waals surface area (Å²) >= 11 is 1.86. The smallest absolute Gasteiger partial charge is 0.222 e. The quantitative estimate of drug-likeness (QED) is 0.889. The van der Waals surface area contributed by atoms with Crippen LogP contribution in [0.1, 0.15) is 53.8 Å². The van der Waals surface area contributed by atoms with Crippen LogP contribution in [0, 0.1) is 0 Å². The van der Waals surface area contributed by atoms with Gasteiger partial charge < -0.3 is 11.1 Å². The molecule has 1 fully saturated rings. The van der Waals surface area contributed by atoms with Crippen LogP contribution in [0.4, 0.5) is 0 Å². The molecule has 0 unspecified atom stereocenters. The molecule has 1 amide bonds. The van der Waals surface area contributed by atoms with Crippen LogP contribution in [0.5, 0.6) is 0 Å². The summed E-state index contributed by atoms with van der Waals surface area (Å²) in [6.45, 7) is 0.673. The van der Waals surface area contributed by atoms with Crippen LogP contribution in [0.3, 0.4) is 0 Å². The molecule has 3 nitrogen and oxygen atoms in total. The highest BCUT2D eigenvalue weighted by Gasteiger charge is 2.31. The van der Waals surface area contributed by atoms with Crippen molar-refractivity contribution in [3.8, 4) is 0 Å². The van der Waals surface area contributed by atoms with Crippen LogP contribution in [0.15, 0.2) is 6.07 Å². The fourth-order valence-corrected chi connectivity index (χ4v) is 4.50. The number of carbonyl (C=O) groups is 1. The van der Waals surface area contributed by atoms with Gasteiger partial charge in [0.1, 0.15) is 0 Å². The lowest BCUT2D eigenvalue weighted by Gasteiger charge is -2.22. The highest BCUT2D eigenvalue weighted by Crippen LogP contribution is 2.31. The van der Waals surface area contributed by atoms with E-state index in [4.69, 9.17) is 5.73 Å². The first-order chi connectivity index (χ1) is 9.15. The Kier molecular flexibility index (Phi) is 3.63. The third-order valence-electron chi connectivity index (χ3n) is 4.37. The van der Waals surface area contributed by atoms with Crippen LogP contribution in [0.25, 0.3) is 0 Å². The first-order valence-electron chi connectivity index (χ1n) is 7.31. The molecule has 0 radical (unpaired) electrons. The third-order valence-corrected chi connectivity index (χ3v) is 5.61. The predicted molar refractivity (Wildman–Crippen MR) is 78.2 cm³/mol. The summed E-state index contributed by atoms with van der Waals surface area (Å²) in [6, 6.07) is 2.26. The first-order valence-corrected chi connectivity index (χ1v) is 8.12. The normalized spacial score (nSPS) is 20.5.